The van der Waals surface area contributed by atoms with Crippen molar-refractivity contribution >= 4 is 17.4 Å². The quantitative estimate of drug-likeness (QED) is 0.654. The highest BCUT2D eigenvalue weighted by atomic mass is 16.6. The van der Waals surface area contributed by atoms with Gasteiger partial charge in [-0.2, -0.15) is 0 Å². The molecule has 0 saturated carbocycles. The zero-order valence-corrected chi connectivity index (χ0v) is 15.5. The number of para-hydroxylation sites is 2. The van der Waals surface area contributed by atoms with Gasteiger partial charge in [-0.25, -0.2) is 4.98 Å². The van der Waals surface area contributed by atoms with Crippen molar-refractivity contribution in [3.8, 4) is 11.5 Å². The molecule has 9 heteroatoms. The summed E-state index contributed by atoms with van der Waals surface area (Å²) in [6, 6.07) is 7.41. The first-order valence-corrected chi connectivity index (χ1v) is 9.29. The lowest BCUT2D eigenvalue weighted by atomic mass is 10.2. The smallest absolute Gasteiger partial charge is 0.267 e. The number of nitrogens with zero attached hydrogens (tertiary/aromatic N) is 6. The number of aromatic nitrogens is 4. The Hall–Kier alpha value is -3.36. The van der Waals surface area contributed by atoms with Crippen LogP contribution < -0.4 is 14.4 Å². The monoisotopic (exact) mass is 380 g/mol. The minimum atomic E-state index is -0.609. The third-order valence-corrected chi connectivity index (χ3v) is 5.15. The van der Waals surface area contributed by atoms with Crippen LogP contribution in [0.5, 0.6) is 11.5 Å². The molecule has 1 fully saturated rings. The number of hydrogen-bond acceptors (Lipinski definition) is 7. The highest BCUT2D eigenvalue weighted by Gasteiger charge is 2.33. The van der Waals surface area contributed by atoms with Crippen molar-refractivity contribution in [3.05, 3.63) is 42.5 Å². The molecule has 1 amide bonds. The topological polar surface area (TPSA) is 85.1 Å². The summed E-state index contributed by atoms with van der Waals surface area (Å²) >= 11 is 0. The lowest BCUT2D eigenvalue weighted by Gasteiger charge is -2.37. The Morgan fingerprint density at radius 2 is 1.89 bits per heavy atom. The first-order valence-electron chi connectivity index (χ1n) is 9.29. The second-order valence-corrected chi connectivity index (χ2v) is 6.87. The van der Waals surface area contributed by atoms with Crippen molar-refractivity contribution in [1.82, 2.24) is 24.5 Å². The number of rotatable bonds is 2. The lowest BCUT2D eigenvalue weighted by Crippen LogP contribution is -2.54. The van der Waals surface area contributed by atoms with Crippen LogP contribution in [0.1, 0.15) is 5.82 Å². The van der Waals surface area contributed by atoms with Gasteiger partial charge in [0.1, 0.15) is 12.4 Å². The maximum atomic E-state index is 12.9. The van der Waals surface area contributed by atoms with Gasteiger partial charge in [-0.1, -0.05) is 12.1 Å². The summed E-state index contributed by atoms with van der Waals surface area (Å²) in [4.78, 5) is 21.3. The van der Waals surface area contributed by atoms with Gasteiger partial charge in [0.15, 0.2) is 17.3 Å². The number of benzene rings is 1. The van der Waals surface area contributed by atoms with Crippen LogP contribution in [-0.2, 0) is 4.79 Å². The fraction of sp³-hybridized carbons (Fsp3) is 0.368. The van der Waals surface area contributed by atoms with Gasteiger partial charge in [0.05, 0.1) is 0 Å². The number of amides is 1. The Morgan fingerprint density at radius 3 is 2.71 bits per heavy atom. The number of carbonyl (C=O) groups excluding carboxylic acids is 1. The minimum absolute atomic E-state index is 0.0429. The van der Waals surface area contributed by atoms with Crippen LogP contribution in [0.25, 0.3) is 5.65 Å². The van der Waals surface area contributed by atoms with Crippen LogP contribution >= 0.6 is 0 Å². The van der Waals surface area contributed by atoms with Crippen molar-refractivity contribution in [2.24, 2.45) is 0 Å². The molecule has 0 radical (unpaired) electrons. The van der Waals surface area contributed by atoms with Gasteiger partial charge in [0.25, 0.3) is 5.91 Å². The van der Waals surface area contributed by atoms with E-state index in [4.69, 9.17) is 9.47 Å². The molecule has 3 aromatic rings. The number of piperazine rings is 1. The summed E-state index contributed by atoms with van der Waals surface area (Å²) in [5, 5.41) is 8.36. The van der Waals surface area contributed by atoms with E-state index in [0.29, 0.717) is 37.7 Å². The molecule has 5 rings (SSSR count). The standard InChI is InChI=1S/C19H20N6O3/c1-13-21-22-18-17(20-6-7-25(13)18)23-8-10-24(11-9-23)19(26)16-12-27-14-4-2-3-5-15(14)28-16/h2-7,16H,8-12H2,1H3/t16-/m1/s1. The number of aryl methyl sites for hydroxylation is 1. The molecule has 1 aromatic carbocycles. The minimum Gasteiger partial charge on any atom is -0.485 e. The molecular formula is C19H20N6O3. The molecule has 0 N–H and O–H groups in total. The summed E-state index contributed by atoms with van der Waals surface area (Å²) in [7, 11) is 0. The Kier molecular flexibility index (Phi) is 4.00. The molecule has 0 aliphatic carbocycles. The molecule has 4 heterocycles. The van der Waals surface area contributed by atoms with Crippen molar-refractivity contribution in [1.29, 1.82) is 0 Å². The number of fused-ring (bicyclic) bond motifs is 2. The summed E-state index contributed by atoms with van der Waals surface area (Å²) in [5.74, 6) is 2.87. The van der Waals surface area contributed by atoms with Gasteiger partial charge in [-0.15, -0.1) is 10.2 Å². The Balaban J connectivity index is 1.26. The molecule has 2 aliphatic heterocycles. The van der Waals surface area contributed by atoms with E-state index in [-0.39, 0.29) is 12.5 Å². The van der Waals surface area contributed by atoms with Gasteiger partial charge in [0, 0.05) is 38.6 Å². The van der Waals surface area contributed by atoms with Gasteiger partial charge < -0.3 is 19.3 Å². The third-order valence-electron chi connectivity index (χ3n) is 5.15. The second kappa shape index (κ2) is 6.66. The van der Waals surface area contributed by atoms with Gasteiger partial charge in [0.2, 0.25) is 11.8 Å². The fourth-order valence-electron chi connectivity index (χ4n) is 3.64. The number of anilines is 1. The van der Waals surface area contributed by atoms with Crippen LogP contribution in [0.15, 0.2) is 36.7 Å². The summed E-state index contributed by atoms with van der Waals surface area (Å²) in [6.45, 7) is 4.68. The van der Waals surface area contributed by atoms with Crippen molar-refractivity contribution in [3.63, 3.8) is 0 Å². The zero-order chi connectivity index (χ0) is 19.1. The first kappa shape index (κ1) is 16.8. The molecular weight excluding hydrogens is 360 g/mol. The maximum Gasteiger partial charge on any atom is 0.267 e. The average Bonchev–Trinajstić information content (AvgIpc) is 3.14. The molecule has 28 heavy (non-hydrogen) atoms. The molecule has 9 nitrogen and oxygen atoms in total. The van der Waals surface area contributed by atoms with Gasteiger partial charge in [-0.05, 0) is 19.1 Å². The molecule has 0 unspecified atom stereocenters. The third kappa shape index (κ3) is 2.79. The zero-order valence-electron chi connectivity index (χ0n) is 15.5. The van der Waals surface area contributed by atoms with Crippen LogP contribution in [0.4, 0.5) is 5.82 Å². The molecule has 0 bridgehead atoms. The fourth-order valence-corrected chi connectivity index (χ4v) is 3.64. The summed E-state index contributed by atoms with van der Waals surface area (Å²) in [5.41, 5.74) is 0.736. The molecule has 2 aromatic heterocycles. The van der Waals surface area contributed by atoms with Crippen molar-refractivity contribution in [2.45, 2.75) is 13.0 Å². The first-order chi connectivity index (χ1) is 13.7. The van der Waals surface area contributed by atoms with E-state index in [1.807, 2.05) is 46.7 Å². The van der Waals surface area contributed by atoms with Crippen molar-refractivity contribution in [2.75, 3.05) is 37.7 Å². The Morgan fingerprint density at radius 1 is 1.11 bits per heavy atom. The van der Waals surface area contributed by atoms with E-state index in [1.165, 1.54) is 0 Å². The van der Waals surface area contributed by atoms with Crippen LogP contribution in [-0.4, -0.2) is 69.3 Å². The lowest BCUT2D eigenvalue weighted by molar-refractivity contribution is -0.141. The van der Waals surface area contributed by atoms with Crippen LogP contribution in [0, 0.1) is 6.92 Å². The predicted molar refractivity (Wildman–Crippen MR) is 101 cm³/mol. The summed E-state index contributed by atoms with van der Waals surface area (Å²) < 4.78 is 13.5. The Labute approximate surface area is 161 Å². The van der Waals surface area contributed by atoms with Gasteiger partial charge >= 0.3 is 0 Å². The number of carbonyl (C=O) groups is 1. The second-order valence-electron chi connectivity index (χ2n) is 6.87. The van der Waals surface area contributed by atoms with E-state index in [9.17, 15) is 4.79 Å². The van der Waals surface area contributed by atoms with E-state index in [0.717, 1.165) is 17.3 Å². The number of hydrogen-bond donors (Lipinski definition) is 0. The summed E-state index contributed by atoms with van der Waals surface area (Å²) in [6.07, 6.45) is 3.00. The molecule has 0 spiro atoms. The highest BCUT2D eigenvalue weighted by Crippen LogP contribution is 2.31. The van der Waals surface area contributed by atoms with Gasteiger partial charge in [-0.3, -0.25) is 9.20 Å². The van der Waals surface area contributed by atoms with E-state index in [2.05, 4.69) is 20.1 Å². The van der Waals surface area contributed by atoms with Crippen molar-refractivity contribution < 1.29 is 14.3 Å². The molecule has 144 valence electrons. The Bertz CT molecular complexity index is 1030. The average molecular weight is 380 g/mol. The molecule has 1 saturated heterocycles. The van der Waals surface area contributed by atoms with Crippen LogP contribution in [0.2, 0.25) is 0 Å². The largest absolute Gasteiger partial charge is 0.485 e. The maximum absolute atomic E-state index is 12.9. The SMILES string of the molecule is Cc1nnc2c(N3CCN(C(=O)[C@H]4COc5ccccc5O4)CC3)nccn12. The molecule has 2 aliphatic rings. The predicted octanol–water partition coefficient (Wildman–Crippen LogP) is 0.921. The highest BCUT2D eigenvalue weighted by molar-refractivity contribution is 5.82. The van der Waals surface area contributed by atoms with E-state index >= 15 is 0 Å². The van der Waals surface area contributed by atoms with E-state index in [1.54, 1.807) is 6.20 Å². The molecule has 1 atom stereocenters. The van der Waals surface area contributed by atoms with Crippen LogP contribution in [0.3, 0.4) is 0 Å². The normalized spacial score (nSPS) is 19.1. The van der Waals surface area contributed by atoms with E-state index < -0.39 is 6.10 Å². The number of ether oxygens (including phenoxy) is 2.